The van der Waals surface area contributed by atoms with Crippen molar-refractivity contribution < 1.29 is 55.7 Å². The number of fused-ring (bicyclic) bond motifs is 5. The van der Waals surface area contributed by atoms with Crippen LogP contribution in [-0.4, -0.2) is 95.3 Å². The number of sulfonamides is 1. The predicted molar refractivity (Wildman–Crippen MR) is 259 cm³/mol. The lowest BCUT2D eigenvalue weighted by Crippen LogP contribution is -2.48. The molecule has 16 heteroatoms. The summed E-state index contributed by atoms with van der Waals surface area (Å²) in [5.41, 5.74) is -0.847. The number of halogens is 1. The second-order valence-corrected chi connectivity index (χ2v) is 25.2. The van der Waals surface area contributed by atoms with Crippen molar-refractivity contribution in [2.75, 3.05) is 6.54 Å². The van der Waals surface area contributed by atoms with E-state index in [-0.39, 0.29) is 74.8 Å². The third-order valence-corrected chi connectivity index (χ3v) is 18.7. The lowest BCUT2D eigenvalue weighted by molar-refractivity contribution is -0.163. The molecule has 1 N–H and O–H groups in total. The minimum absolute atomic E-state index is 0.0135. The largest absolute Gasteiger partial charge is 0.486 e. The number of ether oxygens (including phenoxy) is 4. The molecule has 1 aromatic heterocycles. The van der Waals surface area contributed by atoms with Gasteiger partial charge in [0.15, 0.2) is 5.78 Å². The number of hydrogen-bond donors (Lipinski definition) is 1. The van der Waals surface area contributed by atoms with Crippen molar-refractivity contribution in [3.05, 3.63) is 42.5 Å². The zero-order valence-corrected chi connectivity index (χ0v) is 42.2. The monoisotopic (exact) mass is 989 g/mol. The summed E-state index contributed by atoms with van der Waals surface area (Å²) in [7, 11) is -4.01. The highest BCUT2D eigenvalue weighted by Gasteiger charge is 2.63. The van der Waals surface area contributed by atoms with Crippen LogP contribution < -0.4 is 14.2 Å². The molecule has 6 fully saturated rings. The van der Waals surface area contributed by atoms with Gasteiger partial charge < -0.3 is 23.8 Å². The summed E-state index contributed by atoms with van der Waals surface area (Å²) >= 11 is 0. The Bertz CT molecular complexity index is 2480. The highest BCUT2D eigenvalue weighted by Crippen LogP contribution is 2.57. The number of benzene rings is 1. The van der Waals surface area contributed by atoms with Gasteiger partial charge in [-0.05, 0) is 135 Å². The van der Waals surface area contributed by atoms with E-state index in [1.165, 1.54) is 4.90 Å². The molecule has 2 bridgehead atoms. The first-order valence-corrected chi connectivity index (χ1v) is 27.6. The minimum atomic E-state index is -4.01. The Kier molecular flexibility index (Phi) is 14.2. The standard InChI is InChI=1S/C54H72FN3O11S/c1-6-35-29-54(35,51(63)57-70(64,65)53(5)23-24-53)30-43(59)42-27-36-31-58(42)49(61)39(32-15-9-7-10-16-32)28-46(60)67-45-26-33(45)17-11-8-12-19-38-47(37-18-13-14-20-41(37)56-48(38)66-36)68-44-22-21-34(25-40(44)55)50(62)69-52(2,3)4/h6,13-14,18,20,32-36,39-40,42,44-45H,1,7-12,15-17,19,21-31H2,2-5H3,(H,57,63)/t33-,34?,35-,36-,39+,40-,42+,44+,45-,54?/m1/s1. The van der Waals surface area contributed by atoms with E-state index in [2.05, 4.69) is 11.3 Å². The molecule has 70 heavy (non-hydrogen) atoms. The molecule has 3 heterocycles. The molecule has 9 rings (SSSR count). The van der Waals surface area contributed by atoms with Crippen LogP contribution in [0.25, 0.3) is 10.9 Å². The summed E-state index contributed by atoms with van der Waals surface area (Å²) in [6.07, 6.45) is 8.63. The van der Waals surface area contributed by atoms with E-state index in [1.807, 2.05) is 24.3 Å². The van der Waals surface area contributed by atoms with E-state index in [0.717, 1.165) is 64.2 Å². The Hall–Kier alpha value is -4.60. The van der Waals surface area contributed by atoms with Crippen molar-refractivity contribution in [3.63, 3.8) is 0 Å². The molecule has 0 spiro atoms. The number of esters is 2. The number of carbonyl (C=O) groups is 5. The van der Waals surface area contributed by atoms with Gasteiger partial charge in [0.1, 0.15) is 35.8 Å². The van der Waals surface area contributed by atoms with E-state index in [9.17, 15) is 27.6 Å². The molecule has 5 saturated carbocycles. The van der Waals surface area contributed by atoms with Crippen LogP contribution in [0, 0.1) is 35.0 Å². The molecular formula is C54H72FN3O11S. The summed E-state index contributed by atoms with van der Waals surface area (Å²) in [4.78, 5) is 77.7. The van der Waals surface area contributed by atoms with Crippen LogP contribution in [0.3, 0.4) is 0 Å². The molecule has 10 atom stereocenters. The van der Waals surface area contributed by atoms with Crippen LogP contribution in [0.2, 0.25) is 0 Å². The lowest BCUT2D eigenvalue weighted by atomic mass is 9.77. The number of nitrogens with one attached hydrogen (secondary N) is 1. The fourth-order valence-electron chi connectivity index (χ4n) is 11.8. The third-order valence-electron chi connectivity index (χ3n) is 16.6. The van der Waals surface area contributed by atoms with Gasteiger partial charge in [-0.25, -0.2) is 17.8 Å². The number of alkyl halides is 1. The minimum Gasteiger partial charge on any atom is -0.486 e. The van der Waals surface area contributed by atoms with Gasteiger partial charge in [-0.2, -0.15) is 0 Å². The quantitative estimate of drug-likeness (QED) is 0.167. The second-order valence-electron chi connectivity index (χ2n) is 23.0. The van der Waals surface area contributed by atoms with Crippen molar-refractivity contribution in [1.82, 2.24) is 14.6 Å². The number of aromatic nitrogens is 1. The maximum absolute atomic E-state index is 16.3. The second kappa shape index (κ2) is 19.8. The fraction of sp³-hybridized carbons (Fsp3) is 0.704. The fourth-order valence-corrected chi connectivity index (χ4v) is 13.1. The Morgan fingerprint density at radius 3 is 2.36 bits per heavy atom. The smallest absolute Gasteiger partial charge is 0.309 e. The first-order chi connectivity index (χ1) is 33.3. The average molecular weight is 990 g/mol. The highest BCUT2D eigenvalue weighted by molar-refractivity contribution is 7.91. The first-order valence-electron chi connectivity index (χ1n) is 26.1. The maximum atomic E-state index is 16.3. The van der Waals surface area contributed by atoms with Gasteiger partial charge >= 0.3 is 11.9 Å². The van der Waals surface area contributed by atoms with Gasteiger partial charge in [0, 0.05) is 18.2 Å². The van der Waals surface area contributed by atoms with Crippen LogP contribution in [-0.2, 0) is 49.9 Å². The highest BCUT2D eigenvalue weighted by atomic mass is 32.2. The van der Waals surface area contributed by atoms with E-state index in [4.69, 9.17) is 23.9 Å². The number of ketones is 1. The first kappa shape index (κ1) is 50.3. The summed E-state index contributed by atoms with van der Waals surface area (Å²) in [6, 6.07) is 6.39. The third kappa shape index (κ3) is 10.8. The Balaban J connectivity index is 1.05. The van der Waals surface area contributed by atoms with Crippen molar-refractivity contribution >= 4 is 50.5 Å². The Morgan fingerprint density at radius 2 is 1.67 bits per heavy atom. The van der Waals surface area contributed by atoms with Crippen molar-refractivity contribution in [2.24, 2.45) is 35.0 Å². The average Bonchev–Trinajstić information content (AvgIpc) is 4.28. The number of hydrogen-bond acceptors (Lipinski definition) is 12. The maximum Gasteiger partial charge on any atom is 0.309 e. The number of allylic oxidation sites excluding steroid dienone is 1. The van der Waals surface area contributed by atoms with Gasteiger partial charge in [0.2, 0.25) is 27.7 Å². The molecule has 5 aliphatic carbocycles. The number of amides is 2. The molecule has 1 saturated heterocycles. The van der Waals surface area contributed by atoms with Crippen molar-refractivity contribution in [1.29, 1.82) is 0 Å². The van der Waals surface area contributed by atoms with Crippen LogP contribution in [0.1, 0.15) is 155 Å². The zero-order chi connectivity index (χ0) is 49.8. The lowest BCUT2D eigenvalue weighted by Gasteiger charge is -2.34. The molecule has 2 amide bonds. The summed E-state index contributed by atoms with van der Waals surface area (Å²) in [5.74, 6) is -3.25. The Labute approximate surface area is 412 Å². The van der Waals surface area contributed by atoms with E-state index < -0.39 is 91.6 Å². The van der Waals surface area contributed by atoms with Crippen LogP contribution >= 0.6 is 0 Å². The van der Waals surface area contributed by atoms with Crippen LogP contribution in [0.5, 0.6) is 11.6 Å². The number of nitrogens with zero attached hydrogens (tertiary/aromatic N) is 2. The number of pyridine rings is 1. The summed E-state index contributed by atoms with van der Waals surface area (Å²) < 4.78 is 69.5. The molecule has 7 aliphatic rings. The number of Topliss-reactive ketones (excluding diaryl/α,β-unsaturated/α-hetero) is 1. The molecule has 14 nitrogen and oxygen atoms in total. The van der Waals surface area contributed by atoms with E-state index in [0.29, 0.717) is 47.9 Å². The summed E-state index contributed by atoms with van der Waals surface area (Å²) in [5, 5.41) is 0.685. The Morgan fingerprint density at radius 1 is 0.957 bits per heavy atom. The molecule has 0 radical (unpaired) electrons. The molecule has 2 aliphatic heterocycles. The van der Waals surface area contributed by atoms with Gasteiger partial charge in [-0.3, -0.25) is 28.7 Å². The number of carbonyl (C=O) groups excluding carboxylic acids is 5. The number of rotatable bonds is 11. The molecular weight excluding hydrogens is 918 g/mol. The normalized spacial score (nSPS) is 32.7. The molecule has 2 aromatic rings. The SMILES string of the molecule is C=C[C@@H]1CC1(CC(=O)[C@@H]1C[C@@H]2CN1C(=O)[C@H](C1CCCCC1)CC(=O)O[C@@H]1C[C@H]1CCCCCc1c(nc3ccccc3c1O[C@H]1CCC(C(=O)OC(C)(C)C)C[C@H]1F)O2)C(=O)NS(=O)(=O)C1(C)CC1. The predicted octanol–water partition coefficient (Wildman–Crippen LogP) is 8.60. The zero-order valence-electron chi connectivity index (χ0n) is 41.4. The van der Waals surface area contributed by atoms with E-state index >= 15 is 9.18 Å². The van der Waals surface area contributed by atoms with Gasteiger partial charge in [0.05, 0.1) is 52.1 Å². The van der Waals surface area contributed by atoms with Crippen LogP contribution in [0.15, 0.2) is 36.9 Å². The molecule has 382 valence electrons. The van der Waals surface area contributed by atoms with Crippen molar-refractivity contribution in [3.8, 4) is 11.6 Å². The van der Waals surface area contributed by atoms with Gasteiger partial charge in [-0.15, -0.1) is 6.58 Å². The van der Waals surface area contributed by atoms with E-state index in [1.54, 1.807) is 33.8 Å². The van der Waals surface area contributed by atoms with Gasteiger partial charge in [0.25, 0.3) is 0 Å². The topological polar surface area (TPSA) is 185 Å². The van der Waals surface area contributed by atoms with Gasteiger partial charge in [-0.1, -0.05) is 50.3 Å². The molecule has 1 aromatic carbocycles. The number of para-hydroxylation sites is 1. The summed E-state index contributed by atoms with van der Waals surface area (Å²) in [6.45, 7) is 10.9. The van der Waals surface area contributed by atoms with Crippen LogP contribution in [0.4, 0.5) is 4.39 Å². The molecule has 2 unspecified atom stereocenters. The van der Waals surface area contributed by atoms with Crippen molar-refractivity contribution in [2.45, 2.75) is 197 Å².